The molecule has 0 radical (unpaired) electrons. The van der Waals surface area contributed by atoms with Gasteiger partial charge < -0.3 is 13.7 Å². The minimum atomic E-state index is -4.55. The lowest BCUT2D eigenvalue weighted by Crippen LogP contribution is -2.12. The summed E-state index contributed by atoms with van der Waals surface area (Å²) in [4.78, 5) is -0.768. The molecular weight excluding hydrogens is 354 g/mol. The third-order valence-electron chi connectivity index (χ3n) is 2.80. The van der Waals surface area contributed by atoms with Crippen LogP contribution in [0.1, 0.15) is 0 Å². The van der Waals surface area contributed by atoms with Crippen LogP contribution in [-0.4, -0.2) is 22.6 Å². The van der Waals surface area contributed by atoms with Crippen molar-refractivity contribution in [3.63, 3.8) is 0 Å². The molecule has 0 heterocycles. The predicted molar refractivity (Wildman–Crippen MR) is 78.7 cm³/mol. The van der Waals surface area contributed by atoms with Gasteiger partial charge in [0.15, 0.2) is 17.2 Å². The Morgan fingerprint density at radius 2 is 1.57 bits per heavy atom. The maximum absolute atomic E-state index is 14.0. The standard InChI is InChI=1S/C14H11ClF2O5S/c1-20-12-6-10(17)14(7-13(12)21-2)23(18,19)22-11-4-3-8(16)5-9(11)15/h3-7H,1-2H3. The highest BCUT2D eigenvalue weighted by Crippen LogP contribution is 2.34. The van der Waals surface area contributed by atoms with Crippen molar-refractivity contribution in [1.82, 2.24) is 0 Å². The van der Waals surface area contributed by atoms with Crippen LogP contribution in [-0.2, 0) is 10.1 Å². The summed E-state index contributed by atoms with van der Waals surface area (Å²) in [5.74, 6) is -2.08. The van der Waals surface area contributed by atoms with E-state index < -0.39 is 26.6 Å². The highest BCUT2D eigenvalue weighted by atomic mass is 35.5. The first-order valence-electron chi connectivity index (χ1n) is 6.09. The maximum atomic E-state index is 14.0. The molecule has 0 aromatic heterocycles. The first kappa shape index (κ1) is 17.3. The summed E-state index contributed by atoms with van der Waals surface area (Å²) < 4.78 is 66.0. The molecule has 0 unspecified atom stereocenters. The van der Waals surface area contributed by atoms with Crippen LogP contribution in [0.3, 0.4) is 0 Å². The molecule has 124 valence electrons. The van der Waals surface area contributed by atoms with E-state index in [0.29, 0.717) is 0 Å². The fourth-order valence-corrected chi connectivity index (χ4v) is 3.01. The zero-order chi connectivity index (χ0) is 17.2. The summed E-state index contributed by atoms with van der Waals surface area (Å²) in [5, 5.41) is -0.269. The van der Waals surface area contributed by atoms with Crippen molar-refractivity contribution in [1.29, 1.82) is 0 Å². The summed E-state index contributed by atoms with van der Waals surface area (Å²) in [6.45, 7) is 0. The van der Waals surface area contributed by atoms with Gasteiger partial charge in [-0.3, -0.25) is 0 Å². The van der Waals surface area contributed by atoms with E-state index in [0.717, 1.165) is 30.3 Å². The fraction of sp³-hybridized carbons (Fsp3) is 0.143. The summed E-state index contributed by atoms with van der Waals surface area (Å²) >= 11 is 5.70. The second-order valence-electron chi connectivity index (χ2n) is 4.25. The molecule has 5 nitrogen and oxygen atoms in total. The Balaban J connectivity index is 2.47. The Labute approximate surface area is 136 Å². The average molecular weight is 365 g/mol. The van der Waals surface area contributed by atoms with Crippen molar-refractivity contribution < 1.29 is 30.9 Å². The number of benzene rings is 2. The van der Waals surface area contributed by atoms with Gasteiger partial charge in [0.25, 0.3) is 0 Å². The van der Waals surface area contributed by atoms with Crippen molar-refractivity contribution in [3.8, 4) is 17.2 Å². The summed E-state index contributed by atoms with van der Waals surface area (Å²) in [6, 6.07) is 4.62. The molecule has 23 heavy (non-hydrogen) atoms. The van der Waals surface area contributed by atoms with Crippen LogP contribution in [0.15, 0.2) is 35.2 Å². The van der Waals surface area contributed by atoms with Crippen LogP contribution < -0.4 is 13.7 Å². The summed E-state index contributed by atoms with van der Waals surface area (Å²) in [7, 11) is -2.01. The molecule has 0 saturated heterocycles. The molecule has 0 fully saturated rings. The highest BCUT2D eigenvalue weighted by molar-refractivity contribution is 7.87. The molecule has 0 aliphatic carbocycles. The Kier molecular flexibility index (Phi) is 4.96. The number of rotatable bonds is 5. The Morgan fingerprint density at radius 1 is 0.957 bits per heavy atom. The molecule has 0 aliphatic heterocycles. The molecule has 0 amide bonds. The minimum absolute atomic E-state index is 0.00118. The van der Waals surface area contributed by atoms with Crippen molar-refractivity contribution in [3.05, 3.63) is 47.0 Å². The second-order valence-corrected chi connectivity index (χ2v) is 6.17. The van der Waals surface area contributed by atoms with Crippen LogP contribution in [0.5, 0.6) is 17.2 Å². The molecule has 0 saturated carbocycles. The largest absolute Gasteiger partial charge is 0.493 e. The smallest absolute Gasteiger partial charge is 0.342 e. The Bertz CT molecular complexity index is 839. The molecule has 9 heteroatoms. The number of methoxy groups -OCH3 is 2. The van der Waals surface area contributed by atoms with Gasteiger partial charge in [-0.15, -0.1) is 0 Å². The molecule has 0 N–H and O–H groups in total. The SMILES string of the molecule is COc1cc(F)c(S(=O)(=O)Oc2ccc(F)cc2Cl)cc1OC. The molecule has 0 atom stereocenters. The van der Waals surface area contributed by atoms with Crippen molar-refractivity contribution in [2.24, 2.45) is 0 Å². The van der Waals surface area contributed by atoms with Crippen molar-refractivity contribution >= 4 is 21.7 Å². The van der Waals surface area contributed by atoms with E-state index in [2.05, 4.69) is 0 Å². The predicted octanol–water partition coefficient (Wildman–Crippen LogP) is 3.40. The maximum Gasteiger partial charge on any atom is 0.342 e. The van der Waals surface area contributed by atoms with Gasteiger partial charge in [0.2, 0.25) is 0 Å². The lowest BCUT2D eigenvalue weighted by molar-refractivity contribution is 0.349. The molecular formula is C14H11ClF2O5S. The van der Waals surface area contributed by atoms with Gasteiger partial charge in [0, 0.05) is 12.1 Å². The number of hydrogen-bond donors (Lipinski definition) is 0. The first-order chi connectivity index (χ1) is 10.8. The monoisotopic (exact) mass is 364 g/mol. The zero-order valence-corrected chi connectivity index (χ0v) is 13.5. The molecule has 2 aromatic rings. The molecule has 0 bridgehead atoms. The van der Waals surface area contributed by atoms with Gasteiger partial charge >= 0.3 is 10.1 Å². The van der Waals surface area contributed by atoms with E-state index in [4.69, 9.17) is 25.3 Å². The van der Waals surface area contributed by atoms with Gasteiger partial charge in [-0.2, -0.15) is 8.42 Å². The molecule has 0 aliphatic rings. The lowest BCUT2D eigenvalue weighted by atomic mass is 10.3. The third kappa shape index (κ3) is 3.65. The Hall–Kier alpha value is -2.06. The van der Waals surface area contributed by atoms with Crippen molar-refractivity contribution in [2.75, 3.05) is 14.2 Å². The normalized spacial score (nSPS) is 11.2. The third-order valence-corrected chi connectivity index (χ3v) is 4.35. The van der Waals surface area contributed by atoms with Crippen LogP contribution in [0, 0.1) is 11.6 Å². The number of ether oxygens (including phenoxy) is 2. The number of hydrogen-bond acceptors (Lipinski definition) is 5. The fourth-order valence-electron chi connectivity index (χ4n) is 1.73. The minimum Gasteiger partial charge on any atom is -0.493 e. The van der Waals surface area contributed by atoms with Crippen LogP contribution in [0.25, 0.3) is 0 Å². The van der Waals surface area contributed by atoms with E-state index in [1.807, 2.05) is 0 Å². The topological polar surface area (TPSA) is 61.8 Å². The van der Waals surface area contributed by atoms with Gasteiger partial charge in [-0.25, -0.2) is 8.78 Å². The van der Waals surface area contributed by atoms with Crippen LogP contribution >= 0.6 is 11.6 Å². The van der Waals surface area contributed by atoms with Gasteiger partial charge in [-0.1, -0.05) is 11.6 Å². The van der Waals surface area contributed by atoms with Gasteiger partial charge in [0.1, 0.15) is 16.5 Å². The quantitative estimate of drug-likeness (QED) is 0.761. The second kappa shape index (κ2) is 6.59. The zero-order valence-electron chi connectivity index (χ0n) is 12.0. The average Bonchev–Trinajstić information content (AvgIpc) is 2.49. The van der Waals surface area contributed by atoms with E-state index in [1.165, 1.54) is 14.2 Å². The number of halogens is 3. The van der Waals surface area contributed by atoms with Gasteiger partial charge in [0.05, 0.1) is 19.2 Å². The summed E-state index contributed by atoms with van der Waals surface area (Å²) in [6.07, 6.45) is 0. The molecule has 0 spiro atoms. The van der Waals surface area contributed by atoms with Crippen LogP contribution in [0.4, 0.5) is 8.78 Å². The van der Waals surface area contributed by atoms with E-state index in [9.17, 15) is 17.2 Å². The van der Waals surface area contributed by atoms with Crippen LogP contribution in [0.2, 0.25) is 5.02 Å². The molecule has 2 aromatic carbocycles. The van der Waals surface area contributed by atoms with E-state index in [1.54, 1.807) is 0 Å². The molecule has 2 rings (SSSR count). The van der Waals surface area contributed by atoms with E-state index in [-0.39, 0.29) is 22.3 Å². The highest BCUT2D eigenvalue weighted by Gasteiger charge is 2.25. The van der Waals surface area contributed by atoms with Crippen molar-refractivity contribution in [2.45, 2.75) is 4.90 Å². The lowest BCUT2D eigenvalue weighted by Gasteiger charge is -2.12. The van der Waals surface area contributed by atoms with E-state index >= 15 is 0 Å². The first-order valence-corrected chi connectivity index (χ1v) is 7.88. The Morgan fingerprint density at radius 3 is 2.13 bits per heavy atom. The van der Waals surface area contributed by atoms with Gasteiger partial charge in [-0.05, 0) is 18.2 Å². The summed E-state index contributed by atoms with van der Waals surface area (Å²) in [5.41, 5.74) is 0.